The molecule has 0 bridgehead atoms. The molecule has 1 atom stereocenters. The second-order valence-corrected chi connectivity index (χ2v) is 7.48. The first-order valence-electron chi connectivity index (χ1n) is 8.72. The summed E-state index contributed by atoms with van der Waals surface area (Å²) >= 11 is 18.2. The number of imidazole rings is 1. The SMILES string of the molecule is Clc1ccc(CO/N=C2/c3ccc(Cl)cc3OCC2n2ccnc2)c(Cl)c1.O=[N+]([O-])O. The summed E-state index contributed by atoms with van der Waals surface area (Å²) in [7, 11) is 0. The van der Waals surface area contributed by atoms with Gasteiger partial charge in [0.15, 0.2) is 0 Å². The Balaban J connectivity index is 0.000000628. The van der Waals surface area contributed by atoms with Crippen molar-refractivity contribution in [2.24, 2.45) is 5.16 Å². The zero-order valence-corrected chi connectivity index (χ0v) is 18.0. The number of benzene rings is 2. The third-order valence-electron chi connectivity index (χ3n) is 4.21. The van der Waals surface area contributed by atoms with Crippen LogP contribution in [-0.2, 0) is 11.4 Å². The van der Waals surface area contributed by atoms with Gasteiger partial charge in [-0.3, -0.25) is 0 Å². The van der Waals surface area contributed by atoms with E-state index in [1.54, 1.807) is 36.8 Å². The zero-order valence-electron chi connectivity index (χ0n) is 15.7. The molecule has 1 aliphatic rings. The highest BCUT2D eigenvalue weighted by Crippen LogP contribution is 2.33. The lowest BCUT2D eigenvalue weighted by Gasteiger charge is -2.27. The summed E-state index contributed by atoms with van der Waals surface area (Å²) in [4.78, 5) is 18.1. The molecule has 2 aromatic carbocycles. The van der Waals surface area contributed by atoms with Crippen LogP contribution in [0.3, 0.4) is 0 Å². The maximum atomic E-state index is 8.36. The Labute approximate surface area is 191 Å². The smallest absolute Gasteiger partial charge is 0.291 e. The Morgan fingerprint density at radius 3 is 2.65 bits per heavy atom. The van der Waals surface area contributed by atoms with Crippen LogP contribution in [0.4, 0.5) is 0 Å². The molecule has 0 saturated heterocycles. The molecule has 31 heavy (non-hydrogen) atoms. The summed E-state index contributed by atoms with van der Waals surface area (Å²) in [6.07, 6.45) is 5.30. The van der Waals surface area contributed by atoms with Gasteiger partial charge in [0.25, 0.3) is 5.09 Å². The van der Waals surface area contributed by atoms with E-state index in [4.69, 9.17) is 59.7 Å². The Kier molecular flexibility index (Phi) is 7.56. The molecule has 3 aromatic rings. The number of ether oxygens (including phenoxy) is 1. The van der Waals surface area contributed by atoms with Crippen LogP contribution in [0.2, 0.25) is 15.1 Å². The van der Waals surface area contributed by atoms with Crippen LogP contribution in [0.25, 0.3) is 0 Å². The topological polar surface area (TPSA) is 112 Å². The van der Waals surface area contributed by atoms with Gasteiger partial charge in [-0.1, -0.05) is 46.0 Å². The summed E-state index contributed by atoms with van der Waals surface area (Å²) in [5.74, 6) is 0.672. The second kappa shape index (κ2) is 10.3. The molecule has 12 heteroatoms. The summed E-state index contributed by atoms with van der Waals surface area (Å²) < 4.78 is 7.79. The Hall–Kier alpha value is -3.01. The maximum absolute atomic E-state index is 8.36. The molecule has 162 valence electrons. The molecule has 2 heterocycles. The number of oxime groups is 1. The largest absolute Gasteiger partial charge is 0.490 e. The first kappa shape index (κ1) is 22.7. The number of rotatable bonds is 4. The Bertz CT molecular complexity index is 1090. The minimum absolute atomic E-state index is 0.165. The van der Waals surface area contributed by atoms with E-state index in [1.807, 2.05) is 22.9 Å². The third kappa shape index (κ3) is 6.00. The molecule has 4 rings (SSSR count). The van der Waals surface area contributed by atoms with E-state index >= 15 is 0 Å². The van der Waals surface area contributed by atoms with E-state index < -0.39 is 5.09 Å². The van der Waals surface area contributed by atoms with Crippen LogP contribution in [-0.4, -0.2) is 32.2 Å². The molecule has 0 aliphatic carbocycles. The highest BCUT2D eigenvalue weighted by Gasteiger charge is 2.29. The zero-order chi connectivity index (χ0) is 22.4. The van der Waals surface area contributed by atoms with Crippen LogP contribution in [0.5, 0.6) is 5.75 Å². The lowest BCUT2D eigenvalue weighted by atomic mass is 10.00. The molecule has 0 radical (unpaired) electrons. The monoisotopic (exact) mass is 484 g/mol. The van der Waals surface area contributed by atoms with Gasteiger partial charge in [0, 0.05) is 38.6 Å². The van der Waals surface area contributed by atoms with Gasteiger partial charge < -0.3 is 19.3 Å². The van der Waals surface area contributed by atoms with Crippen molar-refractivity contribution in [1.29, 1.82) is 0 Å². The lowest BCUT2D eigenvalue weighted by Crippen LogP contribution is -2.30. The van der Waals surface area contributed by atoms with Crippen molar-refractivity contribution >= 4 is 40.5 Å². The van der Waals surface area contributed by atoms with Crippen LogP contribution in [0.15, 0.2) is 60.3 Å². The first-order chi connectivity index (χ1) is 14.8. The van der Waals surface area contributed by atoms with Gasteiger partial charge in [-0.15, -0.1) is 10.1 Å². The van der Waals surface area contributed by atoms with Crippen LogP contribution >= 0.6 is 34.8 Å². The summed E-state index contributed by atoms with van der Waals surface area (Å²) in [5, 5.41) is 19.8. The summed E-state index contributed by atoms with van der Waals surface area (Å²) in [6, 6.07) is 10.5. The van der Waals surface area contributed by atoms with E-state index in [1.165, 1.54) is 0 Å². The molecule has 9 nitrogen and oxygen atoms in total. The van der Waals surface area contributed by atoms with Crippen molar-refractivity contribution in [2.45, 2.75) is 12.6 Å². The molecule has 0 saturated carbocycles. The number of halogens is 3. The van der Waals surface area contributed by atoms with Gasteiger partial charge in [-0.2, -0.15) is 0 Å². The molecule has 1 aromatic heterocycles. The standard InChI is InChI=1S/C19H14Cl3N3O2.HNO3/c20-13-2-1-12(16(22)7-13)9-27-24-19-15-4-3-14(21)8-18(15)26-10-17(19)25-6-5-23-11-25;2-1(3)4/h1-8,11,17H,9-10H2;(H,2,3,4)/b24-19-;. The van der Waals surface area contributed by atoms with Gasteiger partial charge in [-0.25, -0.2) is 4.98 Å². The van der Waals surface area contributed by atoms with Crippen LogP contribution in [0, 0.1) is 10.1 Å². The molecule has 1 N–H and O–H groups in total. The average molecular weight is 486 g/mol. The highest BCUT2D eigenvalue weighted by atomic mass is 35.5. The highest BCUT2D eigenvalue weighted by molar-refractivity contribution is 6.35. The quantitative estimate of drug-likeness (QED) is 0.409. The van der Waals surface area contributed by atoms with Crippen molar-refractivity contribution in [3.63, 3.8) is 0 Å². The van der Waals surface area contributed by atoms with E-state index in [0.29, 0.717) is 27.4 Å². The van der Waals surface area contributed by atoms with Gasteiger partial charge >= 0.3 is 0 Å². The van der Waals surface area contributed by atoms with Crippen molar-refractivity contribution in [3.05, 3.63) is 91.4 Å². The minimum Gasteiger partial charge on any atom is -0.490 e. The molecule has 1 aliphatic heterocycles. The van der Waals surface area contributed by atoms with E-state index in [0.717, 1.165) is 16.8 Å². The maximum Gasteiger partial charge on any atom is 0.291 e. The normalized spacial score (nSPS) is 16.0. The first-order valence-corrected chi connectivity index (χ1v) is 9.85. The number of aromatic nitrogens is 2. The van der Waals surface area contributed by atoms with Crippen LogP contribution in [0.1, 0.15) is 17.2 Å². The molecule has 0 amide bonds. The summed E-state index contributed by atoms with van der Waals surface area (Å²) in [5.41, 5.74) is 2.36. The Morgan fingerprint density at radius 1 is 1.26 bits per heavy atom. The van der Waals surface area contributed by atoms with Crippen LogP contribution < -0.4 is 4.74 Å². The Morgan fingerprint density at radius 2 is 1.97 bits per heavy atom. The molecule has 0 fully saturated rings. The number of nitrogens with zero attached hydrogens (tertiary/aromatic N) is 4. The molecule has 1 unspecified atom stereocenters. The molecular weight excluding hydrogens is 471 g/mol. The van der Waals surface area contributed by atoms with Gasteiger partial charge in [0.05, 0.1) is 6.33 Å². The molecular formula is C19H15Cl3N4O5. The van der Waals surface area contributed by atoms with Crippen molar-refractivity contribution in [3.8, 4) is 5.75 Å². The van der Waals surface area contributed by atoms with Gasteiger partial charge in [-0.05, 0) is 30.3 Å². The second-order valence-electron chi connectivity index (χ2n) is 6.20. The number of hydrogen-bond donors (Lipinski definition) is 1. The predicted octanol–water partition coefficient (Wildman–Crippen LogP) is 5.05. The van der Waals surface area contributed by atoms with Crippen molar-refractivity contribution in [2.75, 3.05) is 6.61 Å². The third-order valence-corrected chi connectivity index (χ3v) is 5.04. The predicted molar refractivity (Wildman–Crippen MR) is 115 cm³/mol. The van der Waals surface area contributed by atoms with E-state index in [9.17, 15) is 0 Å². The van der Waals surface area contributed by atoms with Crippen molar-refractivity contribution in [1.82, 2.24) is 9.55 Å². The fraction of sp³-hybridized carbons (Fsp3) is 0.158. The fourth-order valence-corrected chi connectivity index (χ4v) is 3.48. The lowest BCUT2D eigenvalue weighted by molar-refractivity contribution is -0.742. The fourth-order valence-electron chi connectivity index (χ4n) is 2.86. The van der Waals surface area contributed by atoms with Gasteiger partial charge in [0.1, 0.15) is 30.7 Å². The minimum atomic E-state index is -1.50. The number of fused-ring (bicyclic) bond motifs is 1. The summed E-state index contributed by atoms with van der Waals surface area (Å²) in [6.45, 7) is 0.619. The van der Waals surface area contributed by atoms with Crippen molar-refractivity contribution < 1.29 is 19.9 Å². The van der Waals surface area contributed by atoms with E-state index in [2.05, 4.69) is 10.1 Å². The van der Waals surface area contributed by atoms with E-state index in [-0.39, 0.29) is 12.6 Å². The number of hydrogen-bond acceptors (Lipinski definition) is 6. The molecule has 0 spiro atoms. The average Bonchev–Trinajstić information content (AvgIpc) is 3.23. The van der Waals surface area contributed by atoms with Gasteiger partial charge in [0.2, 0.25) is 0 Å².